The molecule has 3 nitrogen and oxygen atoms in total. The first-order chi connectivity index (χ1) is 10.3. The number of rotatable bonds is 7. The van der Waals surface area contributed by atoms with E-state index in [0.29, 0.717) is 6.61 Å². The van der Waals surface area contributed by atoms with Gasteiger partial charge in [0.25, 0.3) is 0 Å². The van der Waals surface area contributed by atoms with Crippen LogP contribution in [0.5, 0.6) is 0 Å². The van der Waals surface area contributed by atoms with Gasteiger partial charge in [-0.25, -0.2) is 4.79 Å². The molecule has 1 aromatic carbocycles. The van der Waals surface area contributed by atoms with Gasteiger partial charge in [-0.05, 0) is 42.7 Å². The summed E-state index contributed by atoms with van der Waals surface area (Å²) in [5.74, 6) is 0.745. The molecule has 114 valence electrons. The molecule has 0 amide bonds. The highest BCUT2D eigenvalue weighted by atomic mass is 16.7. The Balaban J connectivity index is 1.72. The lowest BCUT2D eigenvalue weighted by atomic mass is 9.95. The van der Waals surface area contributed by atoms with E-state index in [2.05, 4.69) is 30.8 Å². The van der Waals surface area contributed by atoms with Crippen molar-refractivity contribution < 1.29 is 14.3 Å². The molecule has 0 aliphatic heterocycles. The van der Waals surface area contributed by atoms with Crippen molar-refractivity contribution in [3.05, 3.63) is 48.0 Å². The van der Waals surface area contributed by atoms with Gasteiger partial charge in [-0.3, -0.25) is 0 Å². The van der Waals surface area contributed by atoms with Crippen LogP contribution in [0.4, 0.5) is 4.79 Å². The Labute approximate surface area is 127 Å². The summed E-state index contributed by atoms with van der Waals surface area (Å²) < 4.78 is 9.74. The Hall–Kier alpha value is -1.77. The summed E-state index contributed by atoms with van der Waals surface area (Å²) in [7, 11) is 0. The Kier molecular flexibility index (Phi) is 6.32. The van der Waals surface area contributed by atoms with Gasteiger partial charge in [-0.15, -0.1) is 0 Å². The average Bonchev–Trinajstić information content (AvgIpc) is 3.04. The largest absolute Gasteiger partial charge is 0.508 e. The molecule has 2 rings (SSSR count). The highest BCUT2D eigenvalue weighted by Gasteiger charge is 2.16. The van der Waals surface area contributed by atoms with Crippen LogP contribution in [0.25, 0.3) is 0 Å². The topological polar surface area (TPSA) is 35.5 Å². The lowest BCUT2D eigenvalue weighted by Crippen LogP contribution is -2.09. The second kappa shape index (κ2) is 8.50. The summed E-state index contributed by atoms with van der Waals surface area (Å²) in [6, 6.07) is 8.84. The van der Waals surface area contributed by atoms with Crippen LogP contribution < -0.4 is 0 Å². The third-order valence-electron chi connectivity index (χ3n) is 3.93. The molecule has 1 aromatic rings. The van der Waals surface area contributed by atoms with Crippen LogP contribution in [0, 0.1) is 0 Å². The summed E-state index contributed by atoms with van der Waals surface area (Å²) >= 11 is 0. The summed E-state index contributed by atoms with van der Waals surface area (Å²) in [5, 5.41) is 0. The van der Waals surface area contributed by atoms with Crippen molar-refractivity contribution in [2.24, 2.45) is 0 Å². The van der Waals surface area contributed by atoms with Crippen molar-refractivity contribution in [1.82, 2.24) is 0 Å². The molecule has 1 fully saturated rings. The number of carbonyl (C=O) groups excluding carboxylic acids is 1. The maximum absolute atomic E-state index is 11.1. The summed E-state index contributed by atoms with van der Waals surface area (Å²) in [6.07, 6.45) is 8.01. The fourth-order valence-electron chi connectivity index (χ4n) is 2.86. The summed E-state index contributed by atoms with van der Waals surface area (Å²) in [6.45, 7) is 4.07. The molecule has 0 aromatic heterocycles. The average molecular weight is 288 g/mol. The highest BCUT2D eigenvalue weighted by Crippen LogP contribution is 2.34. The lowest BCUT2D eigenvalue weighted by Gasteiger charge is -2.11. The van der Waals surface area contributed by atoms with E-state index in [0.717, 1.165) is 18.8 Å². The van der Waals surface area contributed by atoms with Gasteiger partial charge in [0.1, 0.15) is 6.61 Å². The predicted octanol–water partition coefficient (Wildman–Crippen LogP) is 4.62. The van der Waals surface area contributed by atoms with E-state index in [1.54, 1.807) is 0 Å². The monoisotopic (exact) mass is 288 g/mol. The van der Waals surface area contributed by atoms with Crippen molar-refractivity contribution in [3.63, 3.8) is 0 Å². The van der Waals surface area contributed by atoms with Crippen LogP contribution in [-0.2, 0) is 15.9 Å². The molecular weight excluding hydrogens is 264 g/mol. The lowest BCUT2D eigenvalue weighted by molar-refractivity contribution is 0.0625. The van der Waals surface area contributed by atoms with Crippen LogP contribution >= 0.6 is 0 Å². The number of ether oxygens (including phenoxy) is 2. The highest BCUT2D eigenvalue weighted by molar-refractivity contribution is 5.59. The molecule has 0 bridgehead atoms. The SMILES string of the molecule is C=CCOC(=O)OCCCc1cccc(C2CCCC2)c1. The normalized spacial score (nSPS) is 14.9. The molecule has 3 heteroatoms. The number of benzene rings is 1. The fourth-order valence-corrected chi connectivity index (χ4v) is 2.86. The molecule has 0 heterocycles. The minimum absolute atomic E-state index is 0.197. The van der Waals surface area contributed by atoms with Gasteiger partial charge in [0, 0.05) is 0 Å². The van der Waals surface area contributed by atoms with Crippen LogP contribution in [0.1, 0.15) is 49.1 Å². The first-order valence-corrected chi connectivity index (χ1v) is 7.79. The molecule has 1 saturated carbocycles. The first-order valence-electron chi connectivity index (χ1n) is 7.79. The third kappa shape index (κ3) is 5.25. The van der Waals surface area contributed by atoms with Gasteiger partial charge in [-0.2, -0.15) is 0 Å². The van der Waals surface area contributed by atoms with Crippen molar-refractivity contribution in [2.75, 3.05) is 13.2 Å². The fraction of sp³-hybridized carbons (Fsp3) is 0.500. The third-order valence-corrected chi connectivity index (χ3v) is 3.93. The quantitative estimate of drug-likeness (QED) is 0.417. The van der Waals surface area contributed by atoms with Gasteiger partial charge in [0.05, 0.1) is 6.61 Å². The van der Waals surface area contributed by atoms with Gasteiger partial charge < -0.3 is 9.47 Å². The molecule has 0 atom stereocenters. The van der Waals surface area contributed by atoms with E-state index in [4.69, 9.17) is 9.47 Å². The molecule has 0 spiro atoms. The minimum atomic E-state index is -0.616. The summed E-state index contributed by atoms with van der Waals surface area (Å²) in [5.41, 5.74) is 2.79. The predicted molar refractivity (Wildman–Crippen MR) is 83.5 cm³/mol. The van der Waals surface area contributed by atoms with E-state index in [1.165, 1.54) is 42.9 Å². The Morgan fingerprint density at radius 1 is 1.29 bits per heavy atom. The van der Waals surface area contributed by atoms with Crippen molar-refractivity contribution in [2.45, 2.75) is 44.4 Å². The smallest absolute Gasteiger partial charge is 0.434 e. The zero-order valence-corrected chi connectivity index (χ0v) is 12.6. The molecular formula is C18H24O3. The van der Waals surface area contributed by atoms with Gasteiger partial charge in [0.2, 0.25) is 0 Å². The number of carbonyl (C=O) groups is 1. The second-order valence-electron chi connectivity index (χ2n) is 5.53. The van der Waals surface area contributed by atoms with E-state index >= 15 is 0 Å². The van der Waals surface area contributed by atoms with Crippen LogP contribution in [0.3, 0.4) is 0 Å². The van der Waals surface area contributed by atoms with E-state index < -0.39 is 6.16 Å². The molecule has 0 N–H and O–H groups in total. The van der Waals surface area contributed by atoms with E-state index in [9.17, 15) is 4.79 Å². The van der Waals surface area contributed by atoms with Crippen molar-refractivity contribution in [1.29, 1.82) is 0 Å². The second-order valence-corrected chi connectivity index (χ2v) is 5.53. The first kappa shape index (κ1) is 15.6. The van der Waals surface area contributed by atoms with Gasteiger partial charge in [-0.1, -0.05) is 49.8 Å². The van der Waals surface area contributed by atoms with Crippen LogP contribution in [-0.4, -0.2) is 19.4 Å². The van der Waals surface area contributed by atoms with Crippen LogP contribution in [0.2, 0.25) is 0 Å². The minimum Gasteiger partial charge on any atom is -0.434 e. The summed E-state index contributed by atoms with van der Waals surface area (Å²) in [4.78, 5) is 11.1. The van der Waals surface area contributed by atoms with Crippen LogP contribution in [0.15, 0.2) is 36.9 Å². The molecule has 1 aliphatic rings. The Morgan fingerprint density at radius 2 is 2.10 bits per heavy atom. The molecule has 0 radical (unpaired) electrons. The standard InChI is InChI=1S/C18H24O3/c1-2-12-20-18(19)21-13-6-8-15-7-5-11-17(14-15)16-9-3-4-10-16/h2,5,7,11,14,16H,1,3-4,6,8-10,12-13H2. The van der Waals surface area contributed by atoms with Gasteiger partial charge in [0.15, 0.2) is 0 Å². The van der Waals surface area contributed by atoms with Gasteiger partial charge >= 0.3 is 6.16 Å². The Bertz CT molecular complexity index is 461. The zero-order valence-electron chi connectivity index (χ0n) is 12.6. The zero-order chi connectivity index (χ0) is 14.9. The molecule has 21 heavy (non-hydrogen) atoms. The number of hydrogen-bond acceptors (Lipinski definition) is 3. The van der Waals surface area contributed by atoms with Crippen molar-refractivity contribution >= 4 is 6.16 Å². The number of aryl methyl sites for hydroxylation is 1. The van der Waals surface area contributed by atoms with Crippen molar-refractivity contribution in [3.8, 4) is 0 Å². The van der Waals surface area contributed by atoms with E-state index in [1.807, 2.05) is 0 Å². The maximum atomic E-state index is 11.1. The maximum Gasteiger partial charge on any atom is 0.508 e. The molecule has 0 unspecified atom stereocenters. The molecule has 0 saturated heterocycles. The van der Waals surface area contributed by atoms with E-state index in [-0.39, 0.29) is 6.61 Å². The molecule has 1 aliphatic carbocycles. The number of hydrogen-bond donors (Lipinski definition) is 0. The Morgan fingerprint density at radius 3 is 2.86 bits per heavy atom.